The van der Waals surface area contributed by atoms with Gasteiger partial charge in [-0.2, -0.15) is 0 Å². The fourth-order valence-corrected chi connectivity index (χ4v) is 3.09. The van der Waals surface area contributed by atoms with Crippen LogP contribution in [0.4, 0.5) is 0 Å². The zero-order chi connectivity index (χ0) is 17.6. The van der Waals surface area contributed by atoms with E-state index in [4.69, 9.17) is 5.73 Å². The summed E-state index contributed by atoms with van der Waals surface area (Å²) in [4.78, 5) is 26.9. The highest BCUT2D eigenvalue weighted by Gasteiger charge is 2.27. The monoisotopic (exact) mass is 373 g/mol. The molecule has 2 aromatic rings. The molecule has 1 fully saturated rings. The highest BCUT2D eigenvalue weighted by atomic mass is 35.5. The van der Waals surface area contributed by atoms with Crippen LogP contribution in [0.15, 0.2) is 60.7 Å². The number of benzene rings is 2. The largest absolute Gasteiger partial charge is 0.345 e. The second-order valence-corrected chi connectivity index (χ2v) is 6.40. The van der Waals surface area contributed by atoms with Gasteiger partial charge in [0.05, 0.1) is 12.5 Å². The third kappa shape index (κ3) is 5.07. The molecule has 1 saturated heterocycles. The molecule has 3 rings (SSSR count). The molecule has 1 heterocycles. The van der Waals surface area contributed by atoms with Crippen molar-refractivity contribution in [3.8, 4) is 0 Å². The van der Waals surface area contributed by atoms with Crippen LogP contribution in [0.3, 0.4) is 0 Å². The molecule has 6 heteroatoms. The number of carbonyl (C=O) groups excluding carboxylic acids is 2. The van der Waals surface area contributed by atoms with Gasteiger partial charge < -0.3 is 16.0 Å². The average Bonchev–Trinajstić information content (AvgIpc) is 3.09. The molecule has 2 atom stereocenters. The standard InChI is InChI=1S/C20H23N3O2.ClH/c21-17-11-12-23(14-17)19(24)13-18(15-7-3-1-4-8-15)22-20(25)16-9-5-2-6-10-16;/h1-10,17-18H,11-14,21H2,(H,22,25);1H/t17-,18?;/m1./s1. The van der Waals surface area contributed by atoms with Crippen molar-refractivity contribution in [2.24, 2.45) is 5.73 Å². The number of hydrogen-bond acceptors (Lipinski definition) is 3. The first-order chi connectivity index (χ1) is 12.1. The zero-order valence-electron chi connectivity index (χ0n) is 14.5. The van der Waals surface area contributed by atoms with Crippen LogP contribution in [-0.4, -0.2) is 35.8 Å². The first kappa shape index (κ1) is 19.9. The fraction of sp³-hybridized carbons (Fsp3) is 0.300. The van der Waals surface area contributed by atoms with Gasteiger partial charge in [0, 0.05) is 24.7 Å². The van der Waals surface area contributed by atoms with Crippen molar-refractivity contribution in [3.05, 3.63) is 71.8 Å². The van der Waals surface area contributed by atoms with Crippen LogP contribution in [0, 0.1) is 0 Å². The summed E-state index contributed by atoms with van der Waals surface area (Å²) in [6.07, 6.45) is 1.06. The topological polar surface area (TPSA) is 75.4 Å². The molecular formula is C20H24ClN3O2. The Morgan fingerprint density at radius 1 is 1.08 bits per heavy atom. The molecule has 0 spiro atoms. The summed E-state index contributed by atoms with van der Waals surface area (Å²) in [5.74, 6) is -0.157. The Labute approximate surface area is 160 Å². The molecular weight excluding hydrogens is 350 g/mol. The summed E-state index contributed by atoms with van der Waals surface area (Å²) in [6, 6.07) is 18.3. The Kier molecular flexibility index (Phi) is 7.18. The normalized spacial score (nSPS) is 17.3. The van der Waals surface area contributed by atoms with Gasteiger partial charge in [-0.1, -0.05) is 48.5 Å². The number of likely N-dealkylation sites (tertiary alicyclic amines) is 1. The predicted octanol–water partition coefficient (Wildman–Crippen LogP) is 2.53. The van der Waals surface area contributed by atoms with E-state index in [2.05, 4.69) is 5.32 Å². The van der Waals surface area contributed by atoms with Crippen molar-refractivity contribution in [3.63, 3.8) is 0 Å². The third-order valence-electron chi connectivity index (χ3n) is 4.50. The molecule has 138 valence electrons. The molecule has 3 N–H and O–H groups in total. The van der Waals surface area contributed by atoms with Crippen LogP contribution in [-0.2, 0) is 4.79 Å². The van der Waals surface area contributed by atoms with E-state index in [1.165, 1.54) is 0 Å². The highest BCUT2D eigenvalue weighted by molar-refractivity contribution is 5.94. The number of hydrogen-bond donors (Lipinski definition) is 2. The van der Waals surface area contributed by atoms with E-state index in [1.807, 2.05) is 48.5 Å². The predicted molar refractivity (Wildman–Crippen MR) is 104 cm³/mol. The van der Waals surface area contributed by atoms with Crippen LogP contribution in [0.5, 0.6) is 0 Å². The second kappa shape index (κ2) is 9.36. The summed E-state index contributed by atoms with van der Waals surface area (Å²) >= 11 is 0. The minimum absolute atomic E-state index is 0. The van der Waals surface area contributed by atoms with E-state index >= 15 is 0 Å². The van der Waals surface area contributed by atoms with Gasteiger partial charge >= 0.3 is 0 Å². The van der Waals surface area contributed by atoms with Crippen molar-refractivity contribution >= 4 is 24.2 Å². The van der Waals surface area contributed by atoms with Gasteiger partial charge in [-0.3, -0.25) is 9.59 Å². The molecule has 2 aromatic carbocycles. The van der Waals surface area contributed by atoms with Crippen molar-refractivity contribution in [1.29, 1.82) is 0 Å². The van der Waals surface area contributed by atoms with Crippen molar-refractivity contribution in [2.45, 2.75) is 24.9 Å². The summed E-state index contributed by atoms with van der Waals surface area (Å²) in [7, 11) is 0. The lowest BCUT2D eigenvalue weighted by Gasteiger charge is -2.22. The van der Waals surface area contributed by atoms with Crippen molar-refractivity contribution in [1.82, 2.24) is 10.2 Å². The number of carbonyl (C=O) groups is 2. The van der Waals surface area contributed by atoms with Crippen LogP contribution in [0.1, 0.15) is 34.8 Å². The average molecular weight is 374 g/mol. The minimum atomic E-state index is -0.363. The first-order valence-electron chi connectivity index (χ1n) is 8.57. The lowest BCUT2D eigenvalue weighted by Crippen LogP contribution is -2.36. The molecule has 0 aliphatic carbocycles. The maximum Gasteiger partial charge on any atom is 0.251 e. The van der Waals surface area contributed by atoms with Crippen molar-refractivity contribution < 1.29 is 9.59 Å². The molecule has 0 saturated carbocycles. The van der Waals surface area contributed by atoms with Gasteiger partial charge in [-0.15, -0.1) is 12.4 Å². The second-order valence-electron chi connectivity index (χ2n) is 6.40. The molecule has 0 radical (unpaired) electrons. The van der Waals surface area contributed by atoms with Crippen molar-refractivity contribution in [2.75, 3.05) is 13.1 Å². The smallest absolute Gasteiger partial charge is 0.251 e. The molecule has 0 bridgehead atoms. The SMILES string of the molecule is Cl.N[C@@H]1CCN(C(=O)CC(NC(=O)c2ccccc2)c2ccccc2)C1. The fourth-order valence-electron chi connectivity index (χ4n) is 3.09. The van der Waals surface area contributed by atoms with Gasteiger partial charge in [-0.25, -0.2) is 0 Å². The Bertz CT molecular complexity index is 724. The maximum atomic E-state index is 12.6. The number of nitrogens with zero attached hydrogens (tertiary/aromatic N) is 1. The third-order valence-corrected chi connectivity index (χ3v) is 4.50. The number of amides is 2. The van der Waals surface area contributed by atoms with Crippen LogP contribution in [0.2, 0.25) is 0 Å². The van der Waals surface area contributed by atoms with Crippen LogP contribution >= 0.6 is 12.4 Å². The van der Waals surface area contributed by atoms with E-state index in [9.17, 15) is 9.59 Å². The van der Waals surface area contributed by atoms with E-state index in [0.717, 1.165) is 12.0 Å². The van der Waals surface area contributed by atoms with Crippen LogP contribution < -0.4 is 11.1 Å². The Balaban J connectivity index is 0.00000243. The van der Waals surface area contributed by atoms with Crippen LogP contribution in [0.25, 0.3) is 0 Å². The Hall–Kier alpha value is -2.37. The van der Waals surface area contributed by atoms with Gasteiger partial charge in [0.25, 0.3) is 5.91 Å². The minimum Gasteiger partial charge on any atom is -0.345 e. The summed E-state index contributed by atoms with van der Waals surface area (Å²) in [6.45, 7) is 1.28. The van der Waals surface area contributed by atoms with Gasteiger partial charge in [-0.05, 0) is 24.1 Å². The summed E-state index contributed by atoms with van der Waals surface area (Å²) in [5, 5.41) is 3.00. The lowest BCUT2D eigenvalue weighted by molar-refractivity contribution is -0.130. The van der Waals surface area contributed by atoms with Gasteiger partial charge in [0.1, 0.15) is 0 Å². The number of nitrogens with one attached hydrogen (secondary N) is 1. The zero-order valence-corrected chi connectivity index (χ0v) is 15.3. The number of rotatable bonds is 5. The molecule has 1 unspecified atom stereocenters. The molecule has 0 aromatic heterocycles. The maximum absolute atomic E-state index is 12.6. The van der Waals surface area contributed by atoms with Gasteiger partial charge in [0.15, 0.2) is 0 Å². The number of halogens is 1. The summed E-state index contributed by atoms with van der Waals surface area (Å²) in [5.41, 5.74) is 7.40. The molecule has 26 heavy (non-hydrogen) atoms. The van der Waals surface area contributed by atoms with E-state index in [-0.39, 0.29) is 42.7 Å². The van der Waals surface area contributed by atoms with Gasteiger partial charge in [0.2, 0.25) is 5.91 Å². The van der Waals surface area contributed by atoms with E-state index < -0.39 is 0 Å². The Morgan fingerprint density at radius 3 is 2.27 bits per heavy atom. The quantitative estimate of drug-likeness (QED) is 0.845. The van der Waals surface area contributed by atoms with E-state index in [0.29, 0.717) is 18.7 Å². The first-order valence-corrected chi connectivity index (χ1v) is 8.57. The summed E-state index contributed by atoms with van der Waals surface area (Å²) < 4.78 is 0. The molecule has 5 nitrogen and oxygen atoms in total. The highest BCUT2D eigenvalue weighted by Crippen LogP contribution is 2.20. The number of nitrogens with two attached hydrogens (primary N) is 1. The molecule has 1 aliphatic rings. The van der Waals surface area contributed by atoms with E-state index in [1.54, 1.807) is 17.0 Å². The molecule has 2 amide bonds. The lowest BCUT2D eigenvalue weighted by atomic mass is 10.0. The molecule has 1 aliphatic heterocycles. The Morgan fingerprint density at radius 2 is 1.69 bits per heavy atom.